The summed E-state index contributed by atoms with van der Waals surface area (Å²) in [7, 11) is 1.40. The third-order valence-electron chi connectivity index (χ3n) is 4.44. The van der Waals surface area contributed by atoms with Gasteiger partial charge in [-0.3, -0.25) is 4.79 Å². The molecular formula is C21H13F4N3O2S. The lowest BCUT2D eigenvalue weighted by molar-refractivity contribution is 0.0742. The topological polar surface area (TPSA) is 54.8 Å². The van der Waals surface area contributed by atoms with Gasteiger partial charge in [0.25, 0.3) is 5.91 Å². The number of ether oxygens (including phenoxy) is 1. The quantitative estimate of drug-likeness (QED) is 0.422. The number of rotatable bonds is 4. The van der Waals surface area contributed by atoms with Crippen molar-refractivity contribution in [2.24, 2.45) is 5.10 Å². The average molecular weight is 447 g/mol. The summed E-state index contributed by atoms with van der Waals surface area (Å²) in [5.41, 5.74) is 0.281. The first-order chi connectivity index (χ1) is 14.9. The van der Waals surface area contributed by atoms with Crippen molar-refractivity contribution in [1.82, 2.24) is 9.99 Å². The molecule has 1 atom stereocenters. The minimum Gasteiger partial charge on any atom is -0.481 e. The smallest absolute Gasteiger partial charge is 0.278 e. The number of thioether (sulfide) groups is 1. The molecule has 4 rings (SSSR count). The third kappa shape index (κ3) is 3.98. The Kier molecular flexibility index (Phi) is 5.64. The van der Waals surface area contributed by atoms with E-state index in [9.17, 15) is 22.4 Å². The molecule has 1 aliphatic rings. The molecule has 1 unspecified atom stereocenters. The summed E-state index contributed by atoms with van der Waals surface area (Å²) in [6.07, 6.45) is 1.49. The molecule has 0 saturated heterocycles. The first-order valence-corrected chi connectivity index (χ1v) is 9.75. The molecule has 5 nitrogen and oxygen atoms in total. The van der Waals surface area contributed by atoms with Crippen LogP contribution in [0.5, 0.6) is 5.88 Å². The van der Waals surface area contributed by atoms with Gasteiger partial charge < -0.3 is 4.74 Å². The predicted octanol–water partition coefficient (Wildman–Crippen LogP) is 4.90. The lowest BCUT2D eigenvalue weighted by Crippen LogP contribution is -2.27. The van der Waals surface area contributed by atoms with Crippen molar-refractivity contribution in [3.05, 3.63) is 94.7 Å². The Labute approximate surface area is 178 Å². The van der Waals surface area contributed by atoms with Gasteiger partial charge in [0.15, 0.2) is 11.6 Å². The first kappa shape index (κ1) is 20.9. The molecule has 10 heteroatoms. The molecule has 3 aromatic rings. The van der Waals surface area contributed by atoms with Crippen molar-refractivity contribution in [3.8, 4) is 5.88 Å². The van der Waals surface area contributed by atoms with Crippen LogP contribution in [0.2, 0.25) is 0 Å². The van der Waals surface area contributed by atoms with E-state index in [2.05, 4.69) is 10.1 Å². The van der Waals surface area contributed by atoms with Gasteiger partial charge in [0.2, 0.25) is 5.88 Å². The lowest BCUT2D eigenvalue weighted by atomic mass is 10.1. The van der Waals surface area contributed by atoms with Crippen LogP contribution >= 0.6 is 11.8 Å². The zero-order chi connectivity index (χ0) is 22.1. The van der Waals surface area contributed by atoms with Crippen molar-refractivity contribution < 1.29 is 27.1 Å². The summed E-state index contributed by atoms with van der Waals surface area (Å²) in [6, 6.07) is 9.48. The van der Waals surface area contributed by atoms with Crippen LogP contribution in [0.15, 0.2) is 59.8 Å². The van der Waals surface area contributed by atoms with E-state index in [1.807, 2.05) is 0 Å². The minimum absolute atomic E-state index is 0.208. The number of amides is 1. The number of methoxy groups -OCH3 is 1. The maximum Gasteiger partial charge on any atom is 0.278 e. The van der Waals surface area contributed by atoms with Gasteiger partial charge in [-0.05, 0) is 42.5 Å². The fourth-order valence-electron chi connectivity index (χ4n) is 2.97. The number of carbonyl (C=O) groups is 1. The van der Waals surface area contributed by atoms with E-state index < -0.39 is 40.1 Å². The summed E-state index contributed by atoms with van der Waals surface area (Å²) in [5, 5.41) is 4.70. The minimum atomic E-state index is -1.41. The molecule has 0 fully saturated rings. The van der Waals surface area contributed by atoms with Gasteiger partial charge in [-0.1, -0.05) is 11.8 Å². The average Bonchev–Trinajstić information content (AvgIpc) is 3.21. The Morgan fingerprint density at radius 3 is 2.45 bits per heavy atom. The number of benzene rings is 2. The van der Waals surface area contributed by atoms with Crippen molar-refractivity contribution in [2.75, 3.05) is 7.11 Å². The number of pyridine rings is 1. The zero-order valence-electron chi connectivity index (χ0n) is 15.9. The summed E-state index contributed by atoms with van der Waals surface area (Å²) < 4.78 is 59.9. The van der Waals surface area contributed by atoms with Crippen LogP contribution in [0.3, 0.4) is 0 Å². The predicted molar refractivity (Wildman–Crippen MR) is 107 cm³/mol. The van der Waals surface area contributed by atoms with E-state index in [1.165, 1.54) is 37.6 Å². The molecule has 0 saturated carbocycles. The fraction of sp³-hybridized carbons (Fsp3) is 0.0952. The molecule has 1 aromatic heterocycles. The van der Waals surface area contributed by atoms with Gasteiger partial charge in [0.05, 0.1) is 12.7 Å². The van der Waals surface area contributed by atoms with Crippen LogP contribution in [0.1, 0.15) is 26.9 Å². The number of nitrogens with zero attached hydrogens (tertiary/aromatic N) is 3. The summed E-state index contributed by atoms with van der Waals surface area (Å²) in [4.78, 5) is 17.2. The van der Waals surface area contributed by atoms with E-state index in [1.54, 1.807) is 12.1 Å². The van der Waals surface area contributed by atoms with Crippen molar-refractivity contribution in [3.63, 3.8) is 0 Å². The molecule has 31 heavy (non-hydrogen) atoms. The maximum atomic E-state index is 14.3. The molecule has 2 aromatic carbocycles. The Balaban J connectivity index is 1.80. The fourth-order valence-corrected chi connectivity index (χ4v) is 4.13. The molecule has 158 valence electrons. The highest BCUT2D eigenvalue weighted by atomic mass is 32.2. The van der Waals surface area contributed by atoms with Crippen LogP contribution in [-0.2, 0) is 0 Å². The molecule has 1 amide bonds. The van der Waals surface area contributed by atoms with E-state index in [4.69, 9.17) is 4.74 Å². The Bertz CT molecular complexity index is 1190. The number of hydrogen-bond donors (Lipinski definition) is 0. The summed E-state index contributed by atoms with van der Waals surface area (Å²) in [5.74, 6) is -5.23. The number of hydrogen-bond acceptors (Lipinski definition) is 5. The second-order valence-corrected chi connectivity index (χ2v) is 7.45. The van der Waals surface area contributed by atoms with Crippen LogP contribution in [0, 0.1) is 23.3 Å². The number of carbonyl (C=O) groups excluding carboxylic acids is 1. The summed E-state index contributed by atoms with van der Waals surface area (Å²) >= 11 is 1.12. The van der Waals surface area contributed by atoms with Crippen molar-refractivity contribution in [2.45, 2.75) is 5.37 Å². The van der Waals surface area contributed by atoms with Gasteiger partial charge >= 0.3 is 0 Å². The highest BCUT2D eigenvalue weighted by Crippen LogP contribution is 2.44. The largest absolute Gasteiger partial charge is 0.481 e. The van der Waals surface area contributed by atoms with Gasteiger partial charge in [-0.15, -0.1) is 0 Å². The Hall–Kier alpha value is -3.40. The molecule has 1 aliphatic heterocycles. The third-order valence-corrected chi connectivity index (χ3v) is 5.66. The van der Waals surface area contributed by atoms with Crippen molar-refractivity contribution >= 4 is 22.7 Å². The van der Waals surface area contributed by atoms with Crippen LogP contribution < -0.4 is 4.74 Å². The van der Waals surface area contributed by atoms with E-state index in [0.29, 0.717) is 28.3 Å². The van der Waals surface area contributed by atoms with E-state index in [-0.39, 0.29) is 5.88 Å². The maximum absolute atomic E-state index is 14.3. The second-order valence-electron chi connectivity index (χ2n) is 6.38. The van der Waals surface area contributed by atoms with Crippen molar-refractivity contribution in [1.29, 1.82) is 0 Å². The SMILES string of the molecule is COc1ncccc1C1SC(c2ccc(F)cc2)=NN1C(=O)c1cc(F)c(F)cc1F. The Morgan fingerprint density at radius 1 is 1.03 bits per heavy atom. The second kappa shape index (κ2) is 8.38. The highest BCUT2D eigenvalue weighted by molar-refractivity contribution is 8.14. The van der Waals surface area contributed by atoms with Gasteiger partial charge in [0, 0.05) is 23.4 Å². The van der Waals surface area contributed by atoms with Gasteiger partial charge in [0.1, 0.15) is 22.1 Å². The normalized spacial score (nSPS) is 15.7. The van der Waals surface area contributed by atoms with Crippen LogP contribution in [0.25, 0.3) is 0 Å². The first-order valence-electron chi connectivity index (χ1n) is 8.87. The number of halogens is 4. The zero-order valence-corrected chi connectivity index (χ0v) is 16.7. The van der Waals surface area contributed by atoms with Crippen LogP contribution in [-0.4, -0.2) is 28.1 Å². The molecule has 0 aliphatic carbocycles. The number of aromatic nitrogens is 1. The van der Waals surface area contributed by atoms with E-state index in [0.717, 1.165) is 16.8 Å². The lowest BCUT2D eigenvalue weighted by Gasteiger charge is -2.22. The van der Waals surface area contributed by atoms with Gasteiger partial charge in [-0.2, -0.15) is 5.10 Å². The van der Waals surface area contributed by atoms with E-state index >= 15 is 0 Å². The molecular weight excluding hydrogens is 434 g/mol. The van der Waals surface area contributed by atoms with Crippen LogP contribution in [0.4, 0.5) is 17.6 Å². The monoisotopic (exact) mass is 447 g/mol. The standard InChI is InChI=1S/C21H13F4N3O2S/c1-30-18-13(3-2-8-26-18)21-28(20(29)14-9-16(24)17(25)10-15(14)23)27-19(31-21)11-4-6-12(22)7-5-11/h2-10,21H,1H3. The molecule has 0 N–H and O–H groups in total. The molecule has 0 bridgehead atoms. The molecule has 2 heterocycles. The number of hydrazone groups is 1. The summed E-state index contributed by atoms with van der Waals surface area (Å²) in [6.45, 7) is 0. The molecule has 0 spiro atoms. The Morgan fingerprint density at radius 2 is 1.74 bits per heavy atom. The van der Waals surface area contributed by atoms with Gasteiger partial charge in [-0.25, -0.2) is 27.6 Å². The highest BCUT2D eigenvalue weighted by Gasteiger charge is 2.37. The molecule has 0 radical (unpaired) electrons.